The molecule has 0 atom stereocenters. The molecule has 2 aromatic rings. The van der Waals surface area contributed by atoms with Crippen molar-refractivity contribution < 1.29 is 8.78 Å². The van der Waals surface area contributed by atoms with E-state index in [2.05, 4.69) is 5.32 Å². The lowest BCUT2D eigenvalue weighted by molar-refractivity contribution is 0.626. The van der Waals surface area contributed by atoms with E-state index in [-0.39, 0.29) is 11.6 Å². The van der Waals surface area contributed by atoms with Crippen molar-refractivity contribution in [3.05, 3.63) is 60.2 Å². The molecule has 94 valence electrons. The standard InChI is InChI=1S/C14H13F2NS/c15-11-5-7-12(8-6-11)18-10-9-17-14-4-2-1-3-13(14)16/h1-8,17H,9-10H2. The van der Waals surface area contributed by atoms with Gasteiger partial charge in [0.1, 0.15) is 11.6 Å². The van der Waals surface area contributed by atoms with E-state index in [0.29, 0.717) is 12.2 Å². The summed E-state index contributed by atoms with van der Waals surface area (Å²) in [5.41, 5.74) is 0.511. The van der Waals surface area contributed by atoms with E-state index in [4.69, 9.17) is 0 Å². The van der Waals surface area contributed by atoms with Crippen molar-refractivity contribution in [3.63, 3.8) is 0 Å². The molecule has 0 aromatic heterocycles. The zero-order chi connectivity index (χ0) is 12.8. The lowest BCUT2D eigenvalue weighted by Crippen LogP contribution is -2.05. The molecule has 0 amide bonds. The second-order valence-corrected chi connectivity index (χ2v) is 4.88. The molecule has 0 aliphatic carbocycles. The van der Waals surface area contributed by atoms with Crippen molar-refractivity contribution in [3.8, 4) is 0 Å². The van der Waals surface area contributed by atoms with Gasteiger partial charge in [0, 0.05) is 17.2 Å². The highest BCUT2D eigenvalue weighted by Crippen LogP contribution is 2.18. The second-order valence-electron chi connectivity index (χ2n) is 3.71. The van der Waals surface area contributed by atoms with Crippen molar-refractivity contribution in [1.29, 1.82) is 0 Å². The first kappa shape index (κ1) is 12.9. The molecule has 1 N–H and O–H groups in total. The number of benzene rings is 2. The number of nitrogens with one attached hydrogen (secondary N) is 1. The molecule has 2 aromatic carbocycles. The van der Waals surface area contributed by atoms with E-state index >= 15 is 0 Å². The molecule has 0 heterocycles. The van der Waals surface area contributed by atoms with Crippen molar-refractivity contribution in [2.75, 3.05) is 17.6 Å². The number of anilines is 1. The summed E-state index contributed by atoms with van der Waals surface area (Å²) in [7, 11) is 0. The van der Waals surface area contributed by atoms with Crippen LogP contribution in [0.2, 0.25) is 0 Å². The molecule has 0 spiro atoms. The average Bonchev–Trinajstić information content (AvgIpc) is 2.39. The molecule has 0 bridgehead atoms. The zero-order valence-electron chi connectivity index (χ0n) is 9.70. The summed E-state index contributed by atoms with van der Waals surface area (Å²) < 4.78 is 26.0. The SMILES string of the molecule is Fc1ccc(SCCNc2ccccc2F)cc1. The summed E-state index contributed by atoms with van der Waals surface area (Å²) in [6.45, 7) is 0.656. The van der Waals surface area contributed by atoms with E-state index in [0.717, 1.165) is 10.6 Å². The van der Waals surface area contributed by atoms with Crippen LogP contribution < -0.4 is 5.32 Å². The Kier molecular flexibility index (Phi) is 4.59. The van der Waals surface area contributed by atoms with E-state index in [1.807, 2.05) is 0 Å². The first-order valence-electron chi connectivity index (χ1n) is 5.62. The monoisotopic (exact) mass is 265 g/mol. The van der Waals surface area contributed by atoms with Crippen molar-refractivity contribution in [2.45, 2.75) is 4.90 Å². The molecular formula is C14H13F2NS. The summed E-state index contributed by atoms with van der Waals surface area (Å²) in [5.74, 6) is 0.313. The predicted octanol–water partition coefficient (Wildman–Crippen LogP) is 4.17. The third-order valence-corrected chi connectivity index (χ3v) is 3.39. The largest absolute Gasteiger partial charge is 0.382 e. The lowest BCUT2D eigenvalue weighted by Gasteiger charge is -2.07. The maximum absolute atomic E-state index is 13.3. The number of para-hydroxylation sites is 1. The van der Waals surface area contributed by atoms with Gasteiger partial charge in [-0.15, -0.1) is 11.8 Å². The summed E-state index contributed by atoms with van der Waals surface area (Å²) in [6.07, 6.45) is 0. The Labute approximate surface area is 109 Å². The number of hydrogen-bond acceptors (Lipinski definition) is 2. The molecule has 0 saturated carbocycles. The number of thioether (sulfide) groups is 1. The fraction of sp³-hybridized carbons (Fsp3) is 0.143. The molecule has 2 rings (SSSR count). The highest BCUT2D eigenvalue weighted by Gasteiger charge is 1.99. The Bertz CT molecular complexity index is 499. The van der Waals surface area contributed by atoms with Crippen LogP contribution in [0, 0.1) is 11.6 Å². The van der Waals surface area contributed by atoms with Crippen LogP contribution in [0.3, 0.4) is 0 Å². The first-order valence-corrected chi connectivity index (χ1v) is 6.61. The maximum Gasteiger partial charge on any atom is 0.146 e. The maximum atomic E-state index is 13.3. The Morgan fingerprint density at radius 2 is 1.67 bits per heavy atom. The number of halogens is 2. The minimum Gasteiger partial charge on any atom is -0.382 e. The van der Waals surface area contributed by atoms with Gasteiger partial charge < -0.3 is 5.32 Å². The topological polar surface area (TPSA) is 12.0 Å². The molecule has 18 heavy (non-hydrogen) atoms. The minimum absolute atomic E-state index is 0.233. The molecule has 0 unspecified atom stereocenters. The van der Waals surface area contributed by atoms with Crippen LogP contribution in [0.5, 0.6) is 0 Å². The molecule has 0 radical (unpaired) electrons. The first-order chi connectivity index (χ1) is 8.75. The van der Waals surface area contributed by atoms with Gasteiger partial charge in [0.05, 0.1) is 5.69 Å². The summed E-state index contributed by atoms with van der Waals surface area (Å²) in [4.78, 5) is 1.01. The van der Waals surface area contributed by atoms with Gasteiger partial charge in [0.25, 0.3) is 0 Å². The van der Waals surface area contributed by atoms with Crippen molar-refractivity contribution in [2.24, 2.45) is 0 Å². The van der Waals surface area contributed by atoms with Crippen LogP contribution >= 0.6 is 11.8 Å². The van der Waals surface area contributed by atoms with Crippen LogP contribution in [0.15, 0.2) is 53.4 Å². The normalized spacial score (nSPS) is 10.3. The van der Waals surface area contributed by atoms with Crippen LogP contribution in [-0.4, -0.2) is 12.3 Å². The molecule has 0 aliphatic heterocycles. The third-order valence-electron chi connectivity index (χ3n) is 2.37. The fourth-order valence-electron chi connectivity index (χ4n) is 1.49. The average molecular weight is 265 g/mol. The molecular weight excluding hydrogens is 252 g/mol. The highest BCUT2D eigenvalue weighted by atomic mass is 32.2. The van der Waals surface area contributed by atoms with Gasteiger partial charge in [-0.1, -0.05) is 12.1 Å². The van der Waals surface area contributed by atoms with Gasteiger partial charge in [-0.25, -0.2) is 8.78 Å². The van der Waals surface area contributed by atoms with Crippen LogP contribution in [0.1, 0.15) is 0 Å². The van der Waals surface area contributed by atoms with Gasteiger partial charge in [-0.2, -0.15) is 0 Å². The predicted molar refractivity (Wildman–Crippen MR) is 72.0 cm³/mol. The van der Waals surface area contributed by atoms with Crippen LogP contribution in [0.4, 0.5) is 14.5 Å². The Morgan fingerprint density at radius 3 is 2.39 bits per heavy atom. The Balaban J connectivity index is 1.76. The second kappa shape index (κ2) is 6.40. The third kappa shape index (κ3) is 3.74. The van der Waals surface area contributed by atoms with E-state index in [1.165, 1.54) is 18.2 Å². The van der Waals surface area contributed by atoms with Gasteiger partial charge >= 0.3 is 0 Å². The van der Waals surface area contributed by atoms with Gasteiger partial charge in [0.15, 0.2) is 0 Å². The van der Waals surface area contributed by atoms with Crippen molar-refractivity contribution >= 4 is 17.4 Å². The van der Waals surface area contributed by atoms with E-state index < -0.39 is 0 Å². The molecule has 1 nitrogen and oxygen atoms in total. The van der Waals surface area contributed by atoms with Crippen LogP contribution in [0.25, 0.3) is 0 Å². The summed E-state index contributed by atoms with van der Waals surface area (Å²) in [5, 5.41) is 3.02. The molecule has 4 heteroatoms. The van der Waals surface area contributed by atoms with E-state index in [1.54, 1.807) is 42.1 Å². The van der Waals surface area contributed by atoms with Crippen LogP contribution in [-0.2, 0) is 0 Å². The summed E-state index contributed by atoms with van der Waals surface area (Å²) in [6, 6.07) is 12.9. The van der Waals surface area contributed by atoms with E-state index in [9.17, 15) is 8.78 Å². The minimum atomic E-state index is -0.246. The number of rotatable bonds is 5. The fourth-order valence-corrected chi connectivity index (χ4v) is 2.26. The lowest BCUT2D eigenvalue weighted by atomic mass is 10.3. The number of hydrogen-bond donors (Lipinski definition) is 1. The summed E-state index contributed by atoms with van der Waals surface area (Å²) >= 11 is 1.60. The van der Waals surface area contributed by atoms with Gasteiger partial charge in [0.2, 0.25) is 0 Å². The van der Waals surface area contributed by atoms with Gasteiger partial charge in [-0.3, -0.25) is 0 Å². The van der Waals surface area contributed by atoms with Crippen molar-refractivity contribution in [1.82, 2.24) is 0 Å². The molecule has 0 saturated heterocycles. The van der Waals surface area contributed by atoms with Gasteiger partial charge in [-0.05, 0) is 36.4 Å². The Morgan fingerprint density at radius 1 is 0.944 bits per heavy atom. The molecule has 0 fully saturated rings. The zero-order valence-corrected chi connectivity index (χ0v) is 10.5. The quantitative estimate of drug-likeness (QED) is 0.643. The highest BCUT2D eigenvalue weighted by molar-refractivity contribution is 7.99. The molecule has 0 aliphatic rings. The Hall–Kier alpha value is -1.55. The smallest absolute Gasteiger partial charge is 0.146 e.